The summed E-state index contributed by atoms with van der Waals surface area (Å²) < 4.78 is 7.88. The zero-order chi connectivity index (χ0) is 14.4. The summed E-state index contributed by atoms with van der Waals surface area (Å²) in [6, 6.07) is 5.54. The Kier molecular flexibility index (Phi) is 3.64. The summed E-state index contributed by atoms with van der Waals surface area (Å²) in [6.07, 6.45) is 1.75. The molecule has 1 N–H and O–H groups in total. The van der Waals surface area contributed by atoms with Crippen molar-refractivity contribution >= 4 is 71.0 Å². The summed E-state index contributed by atoms with van der Waals surface area (Å²) in [6.45, 7) is 1.97. The molecule has 3 nitrogen and oxygen atoms in total. The molecule has 6 heteroatoms. The predicted octanol–water partition coefficient (Wildman–Crippen LogP) is 5.37. The molecule has 0 aliphatic carbocycles. The third-order valence-corrected chi connectivity index (χ3v) is 4.98. The van der Waals surface area contributed by atoms with Gasteiger partial charge in [-0.3, -0.25) is 4.79 Å². The molecule has 2 aromatic rings. The van der Waals surface area contributed by atoms with E-state index in [-0.39, 0.29) is 5.91 Å². The summed E-state index contributed by atoms with van der Waals surface area (Å²) in [4.78, 5) is 12.2. The number of hydrogen-bond acceptors (Lipinski definition) is 2. The fourth-order valence-electron chi connectivity index (χ4n) is 2.16. The number of halogens is 3. The third kappa shape index (κ3) is 2.29. The van der Waals surface area contributed by atoms with Gasteiger partial charge in [0.05, 0.1) is 11.3 Å². The molecule has 0 fully saturated rings. The molecule has 1 aliphatic rings. The number of hydrogen-bond donors (Lipinski definition) is 1. The van der Waals surface area contributed by atoms with Gasteiger partial charge in [-0.1, -0.05) is 15.9 Å². The van der Waals surface area contributed by atoms with Crippen LogP contribution >= 0.6 is 47.8 Å². The van der Waals surface area contributed by atoms with Crippen LogP contribution in [0, 0.1) is 6.92 Å². The lowest BCUT2D eigenvalue weighted by molar-refractivity contribution is -0.110. The molecule has 20 heavy (non-hydrogen) atoms. The quantitative estimate of drug-likeness (QED) is 0.580. The average molecular weight is 462 g/mol. The minimum Gasteiger partial charge on any atom is -0.450 e. The first-order chi connectivity index (χ1) is 9.47. The Labute approximate surface area is 140 Å². The van der Waals surface area contributed by atoms with E-state index in [1.54, 1.807) is 12.1 Å². The van der Waals surface area contributed by atoms with Gasteiger partial charge in [0, 0.05) is 14.5 Å². The van der Waals surface area contributed by atoms with Crippen molar-refractivity contribution in [2.75, 3.05) is 5.32 Å². The van der Waals surface area contributed by atoms with Crippen LogP contribution in [-0.2, 0) is 4.79 Å². The predicted molar refractivity (Wildman–Crippen MR) is 89.5 cm³/mol. The molecule has 0 unspecified atom stereocenters. The summed E-state index contributed by atoms with van der Waals surface area (Å²) >= 11 is 10.2. The number of carbonyl (C=O) groups is 1. The monoisotopic (exact) mass is 459 g/mol. The third-order valence-electron chi connectivity index (χ3n) is 3.11. The molecule has 0 bridgehead atoms. The largest absolute Gasteiger partial charge is 0.450 e. The zero-order valence-electron chi connectivity index (χ0n) is 10.3. The van der Waals surface area contributed by atoms with Gasteiger partial charge >= 0.3 is 0 Å². The Morgan fingerprint density at radius 2 is 1.95 bits per heavy atom. The molecule has 3 rings (SSSR count). The SMILES string of the molecule is Cc1c(Br)cc(Br)c2c1C(=Cc1ccc(Br)o1)C(=O)N2. The fourth-order valence-corrected chi connectivity index (χ4v) is 3.74. The van der Waals surface area contributed by atoms with E-state index in [2.05, 4.69) is 53.1 Å². The maximum absolute atomic E-state index is 12.2. The first-order valence-corrected chi connectivity index (χ1v) is 8.12. The number of rotatable bonds is 1. The number of benzene rings is 1. The van der Waals surface area contributed by atoms with Crippen LogP contribution in [0.2, 0.25) is 0 Å². The molecule has 102 valence electrons. The van der Waals surface area contributed by atoms with Crippen LogP contribution in [0.15, 0.2) is 36.2 Å². The Morgan fingerprint density at radius 3 is 2.60 bits per heavy atom. The van der Waals surface area contributed by atoms with Crippen LogP contribution in [0.4, 0.5) is 5.69 Å². The van der Waals surface area contributed by atoms with Crippen molar-refractivity contribution in [2.45, 2.75) is 6.92 Å². The molecule has 0 atom stereocenters. The molecule has 1 aromatic heterocycles. The molecule has 0 saturated heterocycles. The van der Waals surface area contributed by atoms with Crippen molar-refractivity contribution in [3.05, 3.63) is 48.7 Å². The second-order valence-corrected chi connectivity index (χ2v) is 6.86. The lowest BCUT2D eigenvalue weighted by Crippen LogP contribution is -2.03. The van der Waals surface area contributed by atoms with Crippen molar-refractivity contribution in [3.8, 4) is 0 Å². The van der Waals surface area contributed by atoms with Crippen LogP contribution in [0.5, 0.6) is 0 Å². The first kappa shape index (κ1) is 14.1. The van der Waals surface area contributed by atoms with E-state index in [1.807, 2.05) is 19.1 Å². The van der Waals surface area contributed by atoms with Gasteiger partial charge in [-0.05, 0) is 68.6 Å². The van der Waals surface area contributed by atoms with Gasteiger partial charge in [0.1, 0.15) is 5.76 Å². The van der Waals surface area contributed by atoms with Crippen LogP contribution in [0.25, 0.3) is 11.6 Å². The maximum atomic E-state index is 12.2. The summed E-state index contributed by atoms with van der Waals surface area (Å²) in [5, 5.41) is 2.88. The molecule has 1 aliphatic heterocycles. The lowest BCUT2D eigenvalue weighted by Gasteiger charge is -2.08. The number of amides is 1. The van der Waals surface area contributed by atoms with Crippen LogP contribution in [0.1, 0.15) is 16.9 Å². The second-order valence-electron chi connectivity index (χ2n) is 4.37. The minimum atomic E-state index is -0.130. The number of anilines is 1. The van der Waals surface area contributed by atoms with E-state index >= 15 is 0 Å². The zero-order valence-corrected chi connectivity index (χ0v) is 15.0. The standard InChI is InChI=1S/C14H8Br3NO2/c1-6-9(15)5-10(16)13-12(6)8(14(19)18-13)4-7-2-3-11(17)20-7/h2-5H,1H3,(H,18,19). The number of carbonyl (C=O) groups excluding carboxylic acids is 1. The van der Waals surface area contributed by atoms with E-state index in [1.165, 1.54) is 0 Å². The summed E-state index contributed by atoms with van der Waals surface area (Å²) in [5.41, 5.74) is 3.30. The van der Waals surface area contributed by atoms with E-state index < -0.39 is 0 Å². The molecule has 1 aromatic carbocycles. The maximum Gasteiger partial charge on any atom is 0.256 e. The number of furan rings is 1. The number of fused-ring (bicyclic) bond motifs is 1. The van der Waals surface area contributed by atoms with E-state index in [9.17, 15) is 4.79 Å². The topological polar surface area (TPSA) is 42.2 Å². The molecular weight excluding hydrogens is 454 g/mol. The Bertz CT molecular complexity index is 762. The van der Waals surface area contributed by atoms with Gasteiger partial charge in [0.2, 0.25) is 0 Å². The summed E-state index contributed by atoms with van der Waals surface area (Å²) in [5.74, 6) is 0.500. The highest BCUT2D eigenvalue weighted by atomic mass is 79.9. The molecule has 0 saturated carbocycles. The van der Waals surface area contributed by atoms with Gasteiger partial charge in [0.15, 0.2) is 4.67 Å². The minimum absolute atomic E-state index is 0.130. The Morgan fingerprint density at radius 1 is 1.20 bits per heavy atom. The normalized spacial score (nSPS) is 15.6. The lowest BCUT2D eigenvalue weighted by atomic mass is 10.0. The Balaban J connectivity index is 2.22. The second kappa shape index (κ2) is 5.16. The number of nitrogens with one attached hydrogen (secondary N) is 1. The van der Waals surface area contributed by atoms with Crippen LogP contribution in [0.3, 0.4) is 0 Å². The fraction of sp³-hybridized carbons (Fsp3) is 0.0714. The van der Waals surface area contributed by atoms with E-state index in [4.69, 9.17) is 4.42 Å². The van der Waals surface area contributed by atoms with Crippen molar-refractivity contribution in [3.63, 3.8) is 0 Å². The van der Waals surface area contributed by atoms with Gasteiger partial charge in [-0.25, -0.2) is 0 Å². The van der Waals surface area contributed by atoms with Crippen molar-refractivity contribution in [2.24, 2.45) is 0 Å². The van der Waals surface area contributed by atoms with Crippen molar-refractivity contribution in [1.82, 2.24) is 0 Å². The molecule has 2 heterocycles. The van der Waals surface area contributed by atoms with E-state index in [0.717, 1.165) is 25.8 Å². The molecular formula is C14H8Br3NO2. The van der Waals surface area contributed by atoms with Gasteiger partial charge in [0.25, 0.3) is 5.91 Å². The highest BCUT2D eigenvalue weighted by molar-refractivity contribution is 9.11. The molecule has 0 spiro atoms. The highest BCUT2D eigenvalue weighted by Crippen LogP contribution is 2.43. The molecule has 0 radical (unpaired) electrons. The van der Waals surface area contributed by atoms with Crippen molar-refractivity contribution < 1.29 is 9.21 Å². The summed E-state index contributed by atoms with van der Waals surface area (Å²) in [7, 11) is 0. The van der Waals surface area contributed by atoms with Gasteiger partial charge in [-0.2, -0.15) is 0 Å². The van der Waals surface area contributed by atoms with Gasteiger partial charge in [-0.15, -0.1) is 0 Å². The molecule has 1 amide bonds. The van der Waals surface area contributed by atoms with Gasteiger partial charge < -0.3 is 9.73 Å². The highest BCUT2D eigenvalue weighted by Gasteiger charge is 2.29. The van der Waals surface area contributed by atoms with E-state index in [0.29, 0.717) is 16.0 Å². The van der Waals surface area contributed by atoms with Crippen molar-refractivity contribution in [1.29, 1.82) is 0 Å². The smallest absolute Gasteiger partial charge is 0.256 e. The average Bonchev–Trinajstić information content (AvgIpc) is 2.93. The van der Waals surface area contributed by atoms with Crippen LogP contribution in [-0.4, -0.2) is 5.91 Å². The van der Waals surface area contributed by atoms with Crippen LogP contribution < -0.4 is 5.32 Å². The Hall–Kier alpha value is -0.850. The first-order valence-electron chi connectivity index (χ1n) is 5.74.